The van der Waals surface area contributed by atoms with Crippen LogP contribution >= 0.6 is 11.8 Å². The minimum Gasteiger partial charge on any atom is -0.383 e. The maximum Gasteiger partial charge on any atom is 0.191 e. The number of ether oxygens (including phenoxy) is 4. The molecule has 42 heavy (non-hydrogen) atoms. The van der Waals surface area contributed by atoms with Crippen LogP contribution in [0.4, 0.5) is 5.82 Å². The molecule has 1 saturated heterocycles. The first-order valence-electron chi connectivity index (χ1n) is 14.0. The van der Waals surface area contributed by atoms with Gasteiger partial charge in [-0.15, -0.1) is 0 Å². The van der Waals surface area contributed by atoms with Crippen molar-refractivity contribution in [2.24, 2.45) is 0 Å². The van der Waals surface area contributed by atoms with Crippen molar-refractivity contribution in [2.75, 3.05) is 18.6 Å². The van der Waals surface area contributed by atoms with Gasteiger partial charge in [0.15, 0.2) is 11.4 Å². The maximum absolute atomic E-state index is 6.75. The van der Waals surface area contributed by atoms with Gasteiger partial charge in [0.05, 0.1) is 31.8 Å². The predicted octanol–water partition coefficient (Wildman–Crippen LogP) is 6.02. The molecule has 0 amide bonds. The van der Waals surface area contributed by atoms with Crippen molar-refractivity contribution < 1.29 is 18.9 Å². The van der Waals surface area contributed by atoms with Crippen LogP contribution in [0, 0.1) is 0 Å². The minimum atomic E-state index is -0.527. The van der Waals surface area contributed by atoms with Crippen molar-refractivity contribution in [3.05, 3.63) is 120 Å². The van der Waals surface area contributed by atoms with Gasteiger partial charge < -0.3 is 29.2 Å². The van der Waals surface area contributed by atoms with E-state index >= 15 is 0 Å². The van der Waals surface area contributed by atoms with Gasteiger partial charge in [-0.05, 0) is 29.0 Å². The highest BCUT2D eigenvalue weighted by Crippen LogP contribution is 2.38. The number of nitrogen functional groups attached to an aromatic ring is 1. The summed E-state index contributed by atoms with van der Waals surface area (Å²) >= 11 is 1.44. The molecule has 0 aliphatic carbocycles. The molecule has 0 radical (unpaired) electrons. The number of benzene rings is 3. The van der Waals surface area contributed by atoms with E-state index in [1.165, 1.54) is 11.8 Å². The predicted molar refractivity (Wildman–Crippen MR) is 164 cm³/mol. The first-order valence-corrected chi connectivity index (χ1v) is 15.2. The number of hydrogen-bond acceptors (Lipinski definition) is 8. The lowest BCUT2D eigenvalue weighted by molar-refractivity contribution is -0.0913. The van der Waals surface area contributed by atoms with Crippen LogP contribution in [0.1, 0.15) is 22.9 Å². The fourth-order valence-corrected chi connectivity index (χ4v) is 5.55. The average molecular weight is 583 g/mol. The molecule has 3 heterocycles. The summed E-state index contributed by atoms with van der Waals surface area (Å²) < 4.78 is 28.2. The molecule has 1 aliphatic heterocycles. The molecular formula is C33H34N4O4S. The lowest BCUT2D eigenvalue weighted by Crippen LogP contribution is -2.38. The first kappa shape index (κ1) is 28.4. The van der Waals surface area contributed by atoms with Crippen LogP contribution in [-0.2, 0) is 38.8 Å². The number of anilines is 1. The third kappa shape index (κ3) is 6.51. The van der Waals surface area contributed by atoms with E-state index in [2.05, 4.69) is 29.2 Å². The highest BCUT2D eigenvalue weighted by atomic mass is 32.2. The van der Waals surface area contributed by atoms with Gasteiger partial charge in [0.1, 0.15) is 29.8 Å². The molecule has 1 aliphatic rings. The maximum atomic E-state index is 6.75. The third-order valence-electron chi connectivity index (χ3n) is 7.29. The molecule has 9 heteroatoms. The van der Waals surface area contributed by atoms with Crippen LogP contribution in [0.2, 0.25) is 0 Å². The van der Waals surface area contributed by atoms with E-state index in [0.717, 1.165) is 22.1 Å². The Bertz CT molecular complexity index is 1570. The van der Waals surface area contributed by atoms with Crippen LogP contribution in [-0.4, -0.2) is 45.7 Å². The largest absolute Gasteiger partial charge is 0.383 e. The Balaban J connectivity index is 1.32. The van der Waals surface area contributed by atoms with Crippen molar-refractivity contribution >= 4 is 28.6 Å². The van der Waals surface area contributed by atoms with E-state index in [4.69, 9.17) is 29.7 Å². The summed E-state index contributed by atoms with van der Waals surface area (Å²) in [4.78, 5) is 9.20. The Kier molecular flexibility index (Phi) is 9.12. The molecule has 2 N–H and O–H groups in total. The van der Waals surface area contributed by atoms with E-state index in [-0.39, 0.29) is 6.10 Å². The zero-order chi connectivity index (χ0) is 28.7. The summed E-state index contributed by atoms with van der Waals surface area (Å²) in [7, 11) is 0. The Hall–Kier alpha value is -3.73. The number of rotatable bonds is 12. The van der Waals surface area contributed by atoms with Crippen molar-refractivity contribution in [1.82, 2.24) is 14.5 Å². The highest BCUT2D eigenvalue weighted by Gasteiger charge is 2.48. The Labute approximate surface area is 249 Å². The molecule has 8 nitrogen and oxygen atoms in total. The Morgan fingerprint density at radius 3 is 1.93 bits per heavy atom. The van der Waals surface area contributed by atoms with Crippen molar-refractivity contribution in [2.45, 2.75) is 49.5 Å². The monoisotopic (exact) mass is 582 g/mol. The van der Waals surface area contributed by atoms with Crippen LogP contribution in [0.15, 0.2) is 108 Å². The van der Waals surface area contributed by atoms with Gasteiger partial charge in [-0.2, -0.15) is 0 Å². The molecule has 0 unspecified atom stereocenters. The highest BCUT2D eigenvalue weighted by molar-refractivity contribution is 7.98. The van der Waals surface area contributed by atoms with Gasteiger partial charge in [-0.1, -0.05) is 103 Å². The summed E-state index contributed by atoms with van der Waals surface area (Å²) in [6.07, 6.45) is 2.08. The van der Waals surface area contributed by atoms with Gasteiger partial charge in [0, 0.05) is 6.20 Å². The first-order chi connectivity index (χ1) is 20.7. The standard InChI is InChI=1S/C33H34N4O4S/c1-42-33-35-30(34)26-17-18-37(31(26)36-33)32-29(40-21-25-15-9-4-10-16-25)28(39-20-24-13-7-3-8-14-24)27(41-32)22-38-19-23-11-5-2-6-12-23/h2-18,27-29,32H,19-22H2,1H3,(H2,34,35,36)/t27-,28-,29+,32-/m1/s1. The minimum absolute atomic E-state index is 0.336. The lowest BCUT2D eigenvalue weighted by Gasteiger charge is -2.26. The molecule has 0 spiro atoms. The number of fused-ring (bicyclic) bond motifs is 1. The number of aromatic nitrogens is 3. The van der Waals surface area contributed by atoms with Crippen molar-refractivity contribution in [3.63, 3.8) is 0 Å². The number of hydrogen-bond donors (Lipinski definition) is 1. The third-order valence-corrected chi connectivity index (χ3v) is 7.84. The molecule has 5 aromatic rings. The number of thioether (sulfide) groups is 1. The number of nitrogens with zero attached hydrogens (tertiary/aromatic N) is 3. The summed E-state index contributed by atoms with van der Waals surface area (Å²) in [5, 5.41) is 1.36. The second kappa shape index (κ2) is 13.5. The van der Waals surface area contributed by atoms with Crippen LogP contribution in [0.25, 0.3) is 11.0 Å². The van der Waals surface area contributed by atoms with Gasteiger partial charge in [0.25, 0.3) is 0 Å². The summed E-state index contributed by atoms with van der Waals surface area (Å²) in [6, 6.07) is 32.3. The fourth-order valence-electron chi connectivity index (χ4n) is 5.18. The number of nitrogens with two attached hydrogens (primary N) is 1. The fraction of sp³-hybridized carbons (Fsp3) is 0.273. The molecule has 1 fully saturated rings. The van der Waals surface area contributed by atoms with Gasteiger partial charge in [-0.3, -0.25) is 0 Å². The molecular weight excluding hydrogens is 548 g/mol. The topological polar surface area (TPSA) is 93.7 Å². The van der Waals surface area contributed by atoms with Crippen molar-refractivity contribution in [1.29, 1.82) is 0 Å². The summed E-state index contributed by atoms with van der Waals surface area (Å²) in [5.74, 6) is 0.433. The molecule has 0 saturated carbocycles. The van der Waals surface area contributed by atoms with Gasteiger partial charge in [-0.25, -0.2) is 9.97 Å². The molecule has 216 valence electrons. The zero-order valence-corrected chi connectivity index (χ0v) is 24.2. The van der Waals surface area contributed by atoms with E-state index < -0.39 is 18.4 Å². The molecule has 4 atom stereocenters. The second-order valence-electron chi connectivity index (χ2n) is 10.1. The molecule has 3 aromatic carbocycles. The van der Waals surface area contributed by atoms with E-state index in [1.807, 2.05) is 89.8 Å². The normalized spacial score (nSPS) is 20.3. The lowest BCUT2D eigenvalue weighted by atomic mass is 10.1. The quantitative estimate of drug-likeness (QED) is 0.141. The van der Waals surface area contributed by atoms with Crippen LogP contribution in [0.3, 0.4) is 0 Å². The SMILES string of the molecule is CSc1nc(N)c2ccn([C@@H]3O[C@H](COCc4ccccc4)[C@@H](OCc4ccccc4)[C@@H]3OCc3ccccc3)c2n1. The molecule has 6 rings (SSSR count). The van der Waals surface area contributed by atoms with Gasteiger partial charge in [0.2, 0.25) is 0 Å². The Morgan fingerprint density at radius 2 is 1.33 bits per heavy atom. The zero-order valence-electron chi connectivity index (χ0n) is 23.4. The van der Waals surface area contributed by atoms with Gasteiger partial charge >= 0.3 is 0 Å². The molecule has 2 aromatic heterocycles. The Morgan fingerprint density at radius 1 is 0.762 bits per heavy atom. The van der Waals surface area contributed by atoms with E-state index in [9.17, 15) is 0 Å². The second-order valence-corrected chi connectivity index (χ2v) is 10.9. The molecule has 0 bridgehead atoms. The summed E-state index contributed by atoms with van der Waals surface area (Å²) in [5.41, 5.74) is 10.2. The van der Waals surface area contributed by atoms with Crippen LogP contribution in [0.5, 0.6) is 0 Å². The van der Waals surface area contributed by atoms with E-state index in [1.54, 1.807) is 0 Å². The summed E-state index contributed by atoms with van der Waals surface area (Å²) in [6.45, 7) is 1.63. The smallest absolute Gasteiger partial charge is 0.191 e. The van der Waals surface area contributed by atoms with Crippen molar-refractivity contribution in [3.8, 4) is 0 Å². The van der Waals surface area contributed by atoms with E-state index in [0.29, 0.717) is 43.0 Å². The van der Waals surface area contributed by atoms with Crippen LogP contribution < -0.4 is 5.73 Å². The average Bonchev–Trinajstić information content (AvgIpc) is 3.61.